The van der Waals surface area contributed by atoms with Crippen LogP contribution in [-0.4, -0.2) is 12.0 Å². The number of nitro groups is 1. The van der Waals surface area contributed by atoms with E-state index in [2.05, 4.69) is 5.32 Å². The van der Waals surface area contributed by atoms with E-state index in [-0.39, 0.29) is 5.69 Å². The maximum atomic E-state index is 10.3. The van der Waals surface area contributed by atoms with E-state index in [0.717, 1.165) is 5.82 Å². The highest BCUT2D eigenvalue weighted by atomic mass is 16.6. The van der Waals surface area contributed by atoms with Crippen molar-refractivity contribution in [2.45, 2.75) is 0 Å². The lowest BCUT2D eigenvalue weighted by atomic mass is 10.4. The van der Waals surface area contributed by atoms with Crippen LogP contribution in [-0.2, 0) is 7.05 Å². The molecule has 0 aliphatic rings. The highest BCUT2D eigenvalue weighted by Gasteiger charge is 2.10. The third kappa shape index (κ3) is 1.50. The monoisotopic (exact) mass is 168 g/mol. The summed E-state index contributed by atoms with van der Waals surface area (Å²) in [4.78, 5) is 9.91. The number of rotatable bonds is 2. The van der Waals surface area contributed by atoms with Gasteiger partial charge in [0.15, 0.2) is 6.20 Å². The Morgan fingerprint density at radius 1 is 1.58 bits per heavy atom. The van der Waals surface area contributed by atoms with Gasteiger partial charge in [-0.3, -0.25) is 15.4 Å². The lowest BCUT2D eigenvalue weighted by molar-refractivity contribution is -0.660. The molecule has 0 spiro atoms. The summed E-state index contributed by atoms with van der Waals surface area (Å²) in [6, 6.07) is 3.13. The van der Waals surface area contributed by atoms with Crippen molar-refractivity contribution < 1.29 is 9.49 Å². The molecule has 1 aromatic heterocycles. The predicted molar refractivity (Wildman–Crippen MR) is 43.8 cm³/mol. The highest BCUT2D eigenvalue weighted by Crippen LogP contribution is 2.08. The summed E-state index contributed by atoms with van der Waals surface area (Å²) in [7, 11) is 3.51. The molecule has 1 aromatic rings. The summed E-state index contributed by atoms with van der Waals surface area (Å²) < 4.78 is 1.66. The molecule has 0 amide bonds. The van der Waals surface area contributed by atoms with E-state index in [4.69, 9.17) is 0 Å². The molecule has 0 radical (unpaired) electrons. The Morgan fingerprint density at radius 3 is 2.67 bits per heavy atom. The standard InChI is InChI=1S/C7H9N3O2/c1-8-7-4-3-6(10(11)12)5-9(7)2/h3-5H,1-2H3/p+1. The topological polar surface area (TPSA) is 59.1 Å². The molecule has 0 aromatic carbocycles. The molecule has 0 unspecified atom stereocenters. The molecule has 1 N–H and O–H groups in total. The molecule has 0 aliphatic carbocycles. The molecule has 0 saturated heterocycles. The predicted octanol–water partition coefficient (Wildman–Crippen LogP) is 0.461. The van der Waals surface area contributed by atoms with Gasteiger partial charge < -0.3 is 0 Å². The van der Waals surface area contributed by atoms with Crippen molar-refractivity contribution in [3.05, 3.63) is 28.4 Å². The SMILES string of the molecule is CNc1ccc([N+](=O)[O-])c[n+]1C. The molecule has 0 saturated carbocycles. The fraction of sp³-hybridized carbons (Fsp3) is 0.286. The van der Waals surface area contributed by atoms with Crippen LogP contribution >= 0.6 is 0 Å². The third-order valence-corrected chi connectivity index (χ3v) is 1.58. The minimum Gasteiger partial charge on any atom is -0.277 e. The number of aryl methyl sites for hydroxylation is 1. The van der Waals surface area contributed by atoms with E-state index >= 15 is 0 Å². The van der Waals surface area contributed by atoms with Crippen LogP contribution in [0.1, 0.15) is 0 Å². The van der Waals surface area contributed by atoms with Gasteiger partial charge in [-0.25, -0.2) is 4.57 Å². The fourth-order valence-electron chi connectivity index (χ4n) is 0.961. The van der Waals surface area contributed by atoms with Crippen LogP contribution in [0.4, 0.5) is 11.5 Å². The van der Waals surface area contributed by atoms with E-state index in [1.54, 1.807) is 24.7 Å². The number of anilines is 1. The Morgan fingerprint density at radius 2 is 2.25 bits per heavy atom. The molecule has 5 nitrogen and oxygen atoms in total. The largest absolute Gasteiger partial charge is 0.308 e. The Balaban J connectivity index is 3.10. The number of pyridine rings is 1. The molecule has 64 valence electrons. The second kappa shape index (κ2) is 3.17. The average Bonchev–Trinajstić information content (AvgIpc) is 2.04. The van der Waals surface area contributed by atoms with Crippen molar-refractivity contribution in [3.8, 4) is 0 Å². The molecule has 0 fully saturated rings. The van der Waals surface area contributed by atoms with Gasteiger partial charge >= 0.3 is 5.69 Å². The highest BCUT2D eigenvalue weighted by molar-refractivity contribution is 5.33. The van der Waals surface area contributed by atoms with Gasteiger partial charge in [0, 0.05) is 12.1 Å². The lowest BCUT2D eigenvalue weighted by Crippen LogP contribution is -2.31. The van der Waals surface area contributed by atoms with Crippen LogP contribution < -0.4 is 9.88 Å². The van der Waals surface area contributed by atoms with Crippen LogP contribution in [0.3, 0.4) is 0 Å². The minimum atomic E-state index is -0.417. The third-order valence-electron chi connectivity index (χ3n) is 1.58. The molecule has 1 heterocycles. The van der Waals surface area contributed by atoms with Crippen molar-refractivity contribution in [1.82, 2.24) is 0 Å². The molecule has 5 heteroatoms. The van der Waals surface area contributed by atoms with Crippen molar-refractivity contribution in [3.63, 3.8) is 0 Å². The van der Waals surface area contributed by atoms with Gasteiger partial charge in [0.1, 0.15) is 0 Å². The van der Waals surface area contributed by atoms with Crippen LogP contribution in [0, 0.1) is 10.1 Å². The number of nitrogens with zero attached hydrogens (tertiary/aromatic N) is 2. The maximum absolute atomic E-state index is 10.3. The quantitative estimate of drug-likeness (QED) is 0.396. The van der Waals surface area contributed by atoms with Gasteiger partial charge in [0.25, 0.3) is 5.82 Å². The molecule has 0 aliphatic heterocycles. The number of nitrogens with one attached hydrogen (secondary N) is 1. The Bertz CT molecular complexity index is 312. The van der Waals surface area contributed by atoms with Gasteiger partial charge in [0.05, 0.1) is 19.0 Å². The second-order valence-corrected chi connectivity index (χ2v) is 2.39. The van der Waals surface area contributed by atoms with Crippen molar-refractivity contribution in [2.75, 3.05) is 12.4 Å². The molecule has 1 rings (SSSR count). The van der Waals surface area contributed by atoms with Crippen LogP contribution in [0.25, 0.3) is 0 Å². The lowest BCUT2D eigenvalue weighted by Gasteiger charge is -1.97. The Hall–Kier alpha value is -1.65. The number of hydrogen-bond acceptors (Lipinski definition) is 3. The van der Waals surface area contributed by atoms with Crippen LogP contribution in [0.5, 0.6) is 0 Å². The minimum absolute atomic E-state index is 0.0940. The van der Waals surface area contributed by atoms with E-state index in [1.807, 2.05) is 0 Å². The summed E-state index contributed by atoms with van der Waals surface area (Å²) in [6.07, 6.45) is 1.46. The second-order valence-electron chi connectivity index (χ2n) is 2.39. The van der Waals surface area contributed by atoms with Gasteiger partial charge in [-0.05, 0) is 0 Å². The van der Waals surface area contributed by atoms with Gasteiger partial charge in [-0.15, -0.1) is 0 Å². The first-order valence-corrected chi connectivity index (χ1v) is 3.47. The fourth-order valence-corrected chi connectivity index (χ4v) is 0.961. The summed E-state index contributed by atoms with van der Waals surface area (Å²) in [5, 5.41) is 13.2. The molecule has 12 heavy (non-hydrogen) atoms. The summed E-state index contributed by atoms with van der Waals surface area (Å²) >= 11 is 0. The van der Waals surface area contributed by atoms with Crippen molar-refractivity contribution in [2.24, 2.45) is 7.05 Å². The van der Waals surface area contributed by atoms with E-state index in [1.165, 1.54) is 12.3 Å². The van der Waals surface area contributed by atoms with Crippen LogP contribution in [0.15, 0.2) is 18.3 Å². The number of hydrogen-bond donors (Lipinski definition) is 1. The van der Waals surface area contributed by atoms with Gasteiger partial charge in [-0.1, -0.05) is 0 Å². The molecular formula is C7H10N3O2+. The first-order chi connectivity index (χ1) is 5.65. The zero-order chi connectivity index (χ0) is 9.14. The normalized spacial score (nSPS) is 9.50. The first-order valence-electron chi connectivity index (χ1n) is 3.47. The molecule has 0 bridgehead atoms. The Kier molecular flexibility index (Phi) is 2.23. The Labute approximate surface area is 69.8 Å². The molecule has 0 atom stereocenters. The number of aromatic nitrogens is 1. The zero-order valence-electron chi connectivity index (χ0n) is 6.94. The summed E-state index contributed by atoms with van der Waals surface area (Å²) in [5.41, 5.74) is 0.0940. The van der Waals surface area contributed by atoms with Gasteiger partial charge in [0.2, 0.25) is 0 Å². The summed E-state index contributed by atoms with van der Waals surface area (Å²) in [5.74, 6) is 0.834. The summed E-state index contributed by atoms with van der Waals surface area (Å²) in [6.45, 7) is 0. The van der Waals surface area contributed by atoms with Gasteiger partial charge in [-0.2, -0.15) is 0 Å². The smallest absolute Gasteiger partial charge is 0.277 e. The van der Waals surface area contributed by atoms with Crippen LogP contribution in [0.2, 0.25) is 0 Å². The van der Waals surface area contributed by atoms with E-state index < -0.39 is 4.92 Å². The average molecular weight is 168 g/mol. The first kappa shape index (κ1) is 8.45. The van der Waals surface area contributed by atoms with Crippen molar-refractivity contribution >= 4 is 11.5 Å². The van der Waals surface area contributed by atoms with E-state index in [9.17, 15) is 10.1 Å². The van der Waals surface area contributed by atoms with E-state index in [0.29, 0.717) is 0 Å². The van der Waals surface area contributed by atoms with Crippen molar-refractivity contribution in [1.29, 1.82) is 0 Å². The molecular weight excluding hydrogens is 158 g/mol. The maximum Gasteiger partial charge on any atom is 0.308 e. The zero-order valence-corrected chi connectivity index (χ0v) is 6.94.